The highest BCUT2D eigenvalue weighted by Crippen LogP contribution is 2.41. The van der Waals surface area contributed by atoms with Gasteiger partial charge in [0.25, 0.3) is 5.91 Å². The van der Waals surface area contributed by atoms with Gasteiger partial charge in [-0.25, -0.2) is 0 Å². The molecule has 1 aromatic rings. The highest BCUT2D eigenvalue weighted by molar-refractivity contribution is 6.13. The summed E-state index contributed by atoms with van der Waals surface area (Å²) in [6.45, 7) is 12.3. The smallest absolute Gasteiger partial charge is 0.271 e. The second-order valence-corrected chi connectivity index (χ2v) is 7.16. The van der Waals surface area contributed by atoms with E-state index < -0.39 is 0 Å². The van der Waals surface area contributed by atoms with Crippen LogP contribution in [0.1, 0.15) is 31.0 Å². The van der Waals surface area contributed by atoms with Gasteiger partial charge in [0.05, 0.1) is 12.6 Å². The number of benzene rings is 1. The lowest BCUT2D eigenvalue weighted by Crippen LogP contribution is -2.34. The van der Waals surface area contributed by atoms with E-state index in [1.54, 1.807) is 6.08 Å². The van der Waals surface area contributed by atoms with Crippen LogP contribution in [0.25, 0.3) is 0 Å². The Hall–Kier alpha value is -2.36. The maximum atomic E-state index is 13.2. The van der Waals surface area contributed by atoms with Crippen LogP contribution in [0.2, 0.25) is 0 Å². The molecule has 1 atom stereocenters. The number of aryl methyl sites for hydroxylation is 1. The molecule has 0 aromatic heterocycles. The summed E-state index contributed by atoms with van der Waals surface area (Å²) in [6.07, 6.45) is 1.80. The molecule has 2 aliphatic rings. The number of nitrogens with zero attached hydrogens (tertiary/aromatic N) is 3. The molecule has 132 valence electrons. The van der Waals surface area contributed by atoms with Crippen LogP contribution in [-0.4, -0.2) is 48.1 Å². The van der Waals surface area contributed by atoms with Gasteiger partial charge in [0, 0.05) is 31.4 Å². The van der Waals surface area contributed by atoms with E-state index in [0.29, 0.717) is 6.54 Å². The van der Waals surface area contributed by atoms with Gasteiger partial charge in [-0.15, -0.1) is 6.58 Å². The maximum absolute atomic E-state index is 13.2. The first-order chi connectivity index (χ1) is 12.0. The van der Waals surface area contributed by atoms with E-state index in [0.717, 1.165) is 35.6 Å². The molecule has 0 N–H and O–H groups in total. The van der Waals surface area contributed by atoms with Crippen LogP contribution in [0.15, 0.2) is 53.2 Å². The number of hydrogen-bond donors (Lipinski definition) is 0. The third kappa shape index (κ3) is 3.01. The Balaban J connectivity index is 2.20. The fraction of sp³-hybridized carbons (Fsp3) is 0.429. The minimum Gasteiger partial charge on any atom is -0.368 e. The van der Waals surface area contributed by atoms with Gasteiger partial charge in [-0.2, -0.15) is 0 Å². The van der Waals surface area contributed by atoms with Crippen LogP contribution >= 0.6 is 0 Å². The third-order valence-corrected chi connectivity index (χ3v) is 4.94. The van der Waals surface area contributed by atoms with Crippen LogP contribution in [0.5, 0.6) is 0 Å². The lowest BCUT2D eigenvalue weighted by molar-refractivity contribution is -0.127. The normalized spacial score (nSPS) is 20.8. The van der Waals surface area contributed by atoms with Crippen molar-refractivity contribution < 1.29 is 4.79 Å². The molecule has 1 unspecified atom stereocenters. The first kappa shape index (κ1) is 17.5. The molecule has 0 spiro atoms. The second kappa shape index (κ2) is 6.87. The predicted octanol–water partition coefficient (Wildman–Crippen LogP) is 3.36. The quantitative estimate of drug-likeness (QED) is 0.790. The van der Waals surface area contributed by atoms with E-state index >= 15 is 0 Å². The molecule has 0 fully saturated rings. The molecule has 0 saturated carbocycles. The Morgan fingerprint density at radius 1 is 1.32 bits per heavy atom. The number of rotatable bonds is 4. The van der Waals surface area contributed by atoms with Gasteiger partial charge in [-0.1, -0.05) is 49.8 Å². The van der Waals surface area contributed by atoms with Crippen molar-refractivity contribution in [3.05, 3.63) is 59.3 Å². The SMILES string of the molecule is C=CCN1C(=O)C2=C(C(C(C)C)=NCCN2C)C1c1ccc(C)cc1. The molecule has 2 aliphatic heterocycles. The van der Waals surface area contributed by atoms with E-state index in [-0.39, 0.29) is 17.9 Å². The van der Waals surface area contributed by atoms with Gasteiger partial charge >= 0.3 is 0 Å². The number of amides is 1. The summed E-state index contributed by atoms with van der Waals surface area (Å²) in [7, 11) is 2.00. The molecule has 1 aromatic carbocycles. The summed E-state index contributed by atoms with van der Waals surface area (Å²) in [4.78, 5) is 22.1. The largest absolute Gasteiger partial charge is 0.368 e. The zero-order valence-corrected chi connectivity index (χ0v) is 15.6. The Morgan fingerprint density at radius 2 is 2.00 bits per heavy atom. The minimum absolute atomic E-state index is 0.0817. The van der Waals surface area contributed by atoms with E-state index in [1.165, 1.54) is 5.56 Å². The first-order valence-corrected chi connectivity index (χ1v) is 8.94. The molecule has 0 bridgehead atoms. The molecular formula is C21H27N3O. The number of likely N-dealkylation sites (N-methyl/N-ethyl adjacent to an activating group) is 1. The molecule has 0 radical (unpaired) electrons. The van der Waals surface area contributed by atoms with Crippen LogP contribution in [-0.2, 0) is 4.79 Å². The molecule has 3 rings (SSSR count). The van der Waals surface area contributed by atoms with Crippen molar-refractivity contribution in [3.63, 3.8) is 0 Å². The summed E-state index contributed by atoms with van der Waals surface area (Å²) in [5.74, 6) is 0.360. The molecule has 2 heterocycles. The Morgan fingerprint density at radius 3 is 2.60 bits per heavy atom. The Kier molecular flexibility index (Phi) is 4.80. The van der Waals surface area contributed by atoms with Crippen molar-refractivity contribution in [2.75, 3.05) is 26.7 Å². The summed E-state index contributed by atoms with van der Waals surface area (Å²) < 4.78 is 0. The zero-order valence-electron chi connectivity index (χ0n) is 15.6. The molecule has 1 amide bonds. The lowest BCUT2D eigenvalue weighted by atomic mass is 9.89. The lowest BCUT2D eigenvalue weighted by Gasteiger charge is -2.28. The average Bonchev–Trinajstić information content (AvgIpc) is 2.73. The molecule has 25 heavy (non-hydrogen) atoms. The summed E-state index contributed by atoms with van der Waals surface area (Å²) >= 11 is 0. The van der Waals surface area contributed by atoms with Crippen LogP contribution in [0, 0.1) is 12.8 Å². The molecule has 0 saturated heterocycles. The molecule has 4 nitrogen and oxygen atoms in total. The second-order valence-electron chi connectivity index (χ2n) is 7.16. The monoisotopic (exact) mass is 337 g/mol. The van der Waals surface area contributed by atoms with Crippen molar-refractivity contribution >= 4 is 11.6 Å². The highest BCUT2D eigenvalue weighted by Gasteiger charge is 2.44. The molecule has 0 aliphatic carbocycles. The Bertz CT molecular complexity index is 743. The number of carbonyl (C=O) groups is 1. The fourth-order valence-electron chi connectivity index (χ4n) is 3.72. The first-order valence-electron chi connectivity index (χ1n) is 8.94. The summed E-state index contributed by atoms with van der Waals surface area (Å²) in [5, 5.41) is 0. The van der Waals surface area contributed by atoms with E-state index in [1.807, 2.05) is 11.9 Å². The standard InChI is InChI=1S/C21H27N3O/c1-6-12-24-19(16-9-7-15(4)8-10-16)17-18(14(2)3)22-11-13-23(5)20(17)21(24)25/h6-10,14,19H,1,11-13H2,2-5H3. The number of carbonyl (C=O) groups excluding carboxylic acids is 1. The summed E-state index contributed by atoms with van der Waals surface area (Å²) in [6, 6.07) is 8.38. The van der Waals surface area contributed by atoms with Crippen molar-refractivity contribution in [3.8, 4) is 0 Å². The van der Waals surface area contributed by atoms with Gasteiger partial charge in [0.1, 0.15) is 5.70 Å². The van der Waals surface area contributed by atoms with Crippen molar-refractivity contribution in [1.29, 1.82) is 0 Å². The fourth-order valence-corrected chi connectivity index (χ4v) is 3.72. The average molecular weight is 337 g/mol. The van der Waals surface area contributed by atoms with Crippen molar-refractivity contribution in [1.82, 2.24) is 9.80 Å². The van der Waals surface area contributed by atoms with Gasteiger partial charge in [-0.05, 0) is 18.4 Å². The number of hydrogen-bond acceptors (Lipinski definition) is 3. The van der Waals surface area contributed by atoms with Gasteiger partial charge in [0.2, 0.25) is 0 Å². The number of aliphatic imine (C=N–C) groups is 1. The molecule has 4 heteroatoms. The summed E-state index contributed by atoms with van der Waals surface area (Å²) in [5.41, 5.74) is 5.29. The minimum atomic E-state index is -0.0946. The van der Waals surface area contributed by atoms with Gasteiger partial charge < -0.3 is 9.80 Å². The third-order valence-electron chi connectivity index (χ3n) is 4.94. The van der Waals surface area contributed by atoms with Crippen LogP contribution in [0.4, 0.5) is 0 Å². The van der Waals surface area contributed by atoms with Crippen molar-refractivity contribution in [2.45, 2.75) is 26.8 Å². The highest BCUT2D eigenvalue weighted by atomic mass is 16.2. The van der Waals surface area contributed by atoms with E-state index in [9.17, 15) is 4.79 Å². The Labute approximate surface area is 150 Å². The predicted molar refractivity (Wildman–Crippen MR) is 103 cm³/mol. The zero-order chi connectivity index (χ0) is 18.1. The van der Waals surface area contributed by atoms with Crippen LogP contribution < -0.4 is 0 Å². The van der Waals surface area contributed by atoms with Gasteiger partial charge in [-0.3, -0.25) is 9.79 Å². The maximum Gasteiger partial charge on any atom is 0.271 e. The van der Waals surface area contributed by atoms with Crippen LogP contribution in [0.3, 0.4) is 0 Å². The topological polar surface area (TPSA) is 35.9 Å². The molecular weight excluding hydrogens is 310 g/mol. The van der Waals surface area contributed by atoms with E-state index in [4.69, 9.17) is 4.99 Å². The van der Waals surface area contributed by atoms with Crippen molar-refractivity contribution in [2.24, 2.45) is 10.9 Å². The van der Waals surface area contributed by atoms with Gasteiger partial charge in [0.15, 0.2) is 0 Å². The van der Waals surface area contributed by atoms with E-state index in [2.05, 4.69) is 56.5 Å².